The molecular weight excluding hydrogens is 973 g/mol. The van der Waals surface area contributed by atoms with E-state index in [-0.39, 0.29) is 31.1 Å². The van der Waals surface area contributed by atoms with Crippen molar-refractivity contribution in [2.24, 2.45) is 0 Å². The molecule has 0 bridgehead atoms. The van der Waals surface area contributed by atoms with E-state index in [4.69, 9.17) is 14.2 Å². The quantitative estimate of drug-likeness (QED) is 0.0261. The maximum atomic E-state index is 12.9. The first-order valence-electron chi connectivity index (χ1n) is 33.4. The predicted molar refractivity (Wildman–Crippen MR) is 343 cm³/mol. The second-order valence-corrected chi connectivity index (χ2v) is 22.0. The number of carbonyl (C=O) groups is 3. The summed E-state index contributed by atoms with van der Waals surface area (Å²) in [6.45, 7) is 6.48. The number of ether oxygens (including phenoxy) is 3. The second kappa shape index (κ2) is 66.6. The van der Waals surface area contributed by atoms with Crippen LogP contribution in [0.3, 0.4) is 0 Å². The number of carbonyl (C=O) groups excluding carboxylic acids is 3. The Labute approximate surface area is 489 Å². The molecule has 6 nitrogen and oxygen atoms in total. The molecule has 1 atom stereocenters. The van der Waals surface area contributed by atoms with Gasteiger partial charge in [0.25, 0.3) is 0 Å². The molecule has 0 saturated heterocycles. The molecule has 6 heteroatoms. The van der Waals surface area contributed by atoms with Gasteiger partial charge in [-0.3, -0.25) is 14.4 Å². The van der Waals surface area contributed by atoms with Crippen molar-refractivity contribution in [3.8, 4) is 0 Å². The Bertz CT molecular complexity index is 1590. The van der Waals surface area contributed by atoms with Crippen LogP contribution in [0.1, 0.15) is 316 Å². The highest BCUT2D eigenvalue weighted by Crippen LogP contribution is 2.16. The van der Waals surface area contributed by atoms with E-state index in [1.165, 1.54) is 141 Å². The second-order valence-electron chi connectivity index (χ2n) is 22.0. The zero-order chi connectivity index (χ0) is 57.1. The first-order valence-corrected chi connectivity index (χ1v) is 33.4. The molecular formula is C73H124O6. The van der Waals surface area contributed by atoms with Crippen LogP contribution in [0.15, 0.2) is 109 Å². The minimum absolute atomic E-state index is 0.0929. The van der Waals surface area contributed by atoms with Crippen LogP contribution >= 0.6 is 0 Å². The van der Waals surface area contributed by atoms with Gasteiger partial charge >= 0.3 is 17.9 Å². The summed E-state index contributed by atoms with van der Waals surface area (Å²) in [5, 5.41) is 0. The zero-order valence-electron chi connectivity index (χ0n) is 51.9. The molecule has 0 aromatic rings. The van der Waals surface area contributed by atoms with Crippen LogP contribution in [0.2, 0.25) is 0 Å². The number of hydrogen-bond donors (Lipinski definition) is 0. The van der Waals surface area contributed by atoms with Gasteiger partial charge in [0.2, 0.25) is 0 Å². The maximum Gasteiger partial charge on any atom is 0.306 e. The van der Waals surface area contributed by atoms with Crippen molar-refractivity contribution in [1.29, 1.82) is 0 Å². The largest absolute Gasteiger partial charge is 0.462 e. The van der Waals surface area contributed by atoms with Gasteiger partial charge in [-0.05, 0) is 128 Å². The third kappa shape index (κ3) is 64.8. The summed E-state index contributed by atoms with van der Waals surface area (Å²) in [6, 6.07) is 0. The lowest BCUT2D eigenvalue weighted by Crippen LogP contribution is -2.30. The summed E-state index contributed by atoms with van der Waals surface area (Å²) < 4.78 is 16.9. The number of hydrogen-bond acceptors (Lipinski definition) is 6. The van der Waals surface area contributed by atoms with Crippen molar-refractivity contribution in [2.45, 2.75) is 322 Å². The van der Waals surface area contributed by atoms with Crippen molar-refractivity contribution in [1.82, 2.24) is 0 Å². The molecule has 0 saturated carbocycles. The smallest absolute Gasteiger partial charge is 0.306 e. The molecule has 0 aromatic carbocycles. The SMILES string of the molecule is CC/C=C\C/C=C\C/C=C\C/C=C\CCCCCCC(=O)OC(COC(=O)CCCCCCC/C=C\C/C=C\CCCCC)COC(=O)CCCCCCCCCCCCCCCC/C=C\C/C=C\C/C=C\CCCCCCC. The number of allylic oxidation sites excluding steroid dienone is 18. The van der Waals surface area contributed by atoms with Crippen molar-refractivity contribution in [3.05, 3.63) is 109 Å². The molecule has 0 radical (unpaired) electrons. The highest BCUT2D eigenvalue weighted by Gasteiger charge is 2.19. The Morgan fingerprint density at radius 2 is 0.494 bits per heavy atom. The van der Waals surface area contributed by atoms with Gasteiger partial charge in [-0.15, -0.1) is 0 Å². The Balaban J connectivity index is 4.31. The van der Waals surface area contributed by atoms with Crippen molar-refractivity contribution < 1.29 is 28.6 Å². The minimum atomic E-state index is -0.800. The van der Waals surface area contributed by atoms with E-state index in [2.05, 4.69) is 130 Å². The molecule has 0 spiro atoms. The minimum Gasteiger partial charge on any atom is -0.462 e. The van der Waals surface area contributed by atoms with Crippen LogP contribution in [-0.2, 0) is 28.6 Å². The third-order valence-electron chi connectivity index (χ3n) is 14.2. The van der Waals surface area contributed by atoms with E-state index >= 15 is 0 Å². The molecule has 0 rings (SSSR count). The molecule has 0 fully saturated rings. The average Bonchev–Trinajstić information content (AvgIpc) is 3.45. The summed E-state index contributed by atoms with van der Waals surface area (Å²) in [6.07, 6.45) is 91.0. The van der Waals surface area contributed by atoms with Crippen LogP contribution in [0.5, 0.6) is 0 Å². The summed E-state index contributed by atoms with van der Waals surface area (Å²) in [4.78, 5) is 38.3. The third-order valence-corrected chi connectivity index (χ3v) is 14.2. The molecule has 0 heterocycles. The number of rotatable bonds is 60. The molecule has 0 amide bonds. The lowest BCUT2D eigenvalue weighted by Gasteiger charge is -2.18. The van der Waals surface area contributed by atoms with Gasteiger partial charge < -0.3 is 14.2 Å². The summed E-state index contributed by atoms with van der Waals surface area (Å²) in [5.41, 5.74) is 0. The van der Waals surface area contributed by atoms with Gasteiger partial charge in [0, 0.05) is 19.3 Å². The monoisotopic (exact) mass is 1100 g/mol. The van der Waals surface area contributed by atoms with Crippen LogP contribution < -0.4 is 0 Å². The van der Waals surface area contributed by atoms with E-state index in [0.717, 1.165) is 135 Å². The first kappa shape index (κ1) is 75.1. The standard InChI is InChI=1S/C73H124O6/c1-4-7-10-13-16-19-22-25-28-30-31-32-33-34-35-36-37-38-39-40-41-43-45-48-51-54-57-60-63-66-72(75)78-69-70(68-77-71(74)65-62-59-56-53-50-47-44-27-24-21-18-15-12-9-6-3)79-73(76)67-64-61-58-55-52-49-46-42-29-26-23-20-17-14-11-8-5-2/h8,11,17-18,20-22,25-27,29-31,33-34,44,46,49,70H,4-7,9-10,12-16,19,23-24,28,32,35-43,45,47-48,50-69H2,1-3H3/b11-8-,20-17-,21-18-,25-22-,29-26-,31-30-,34-33-,44-27-,49-46-. The Hall–Kier alpha value is -3.93. The molecule has 0 aliphatic heterocycles. The fourth-order valence-corrected chi connectivity index (χ4v) is 9.24. The average molecular weight is 1100 g/mol. The molecule has 0 aromatic heterocycles. The van der Waals surface area contributed by atoms with Gasteiger partial charge in [-0.25, -0.2) is 0 Å². The van der Waals surface area contributed by atoms with Crippen molar-refractivity contribution in [2.75, 3.05) is 13.2 Å². The Morgan fingerprint density at radius 1 is 0.266 bits per heavy atom. The summed E-state index contributed by atoms with van der Waals surface area (Å²) in [7, 11) is 0. The van der Waals surface area contributed by atoms with E-state index in [1.807, 2.05) is 0 Å². The van der Waals surface area contributed by atoms with Crippen molar-refractivity contribution in [3.63, 3.8) is 0 Å². The molecule has 0 aliphatic rings. The van der Waals surface area contributed by atoms with Crippen LogP contribution in [-0.4, -0.2) is 37.2 Å². The topological polar surface area (TPSA) is 78.9 Å². The molecule has 1 unspecified atom stereocenters. The molecule has 0 aliphatic carbocycles. The van der Waals surface area contributed by atoms with Gasteiger partial charge in [0.05, 0.1) is 0 Å². The van der Waals surface area contributed by atoms with Crippen LogP contribution in [0.25, 0.3) is 0 Å². The Kier molecular flexibility index (Phi) is 63.3. The molecule has 79 heavy (non-hydrogen) atoms. The van der Waals surface area contributed by atoms with Crippen molar-refractivity contribution >= 4 is 17.9 Å². The molecule has 452 valence electrons. The van der Waals surface area contributed by atoms with Gasteiger partial charge in [0.1, 0.15) is 13.2 Å². The number of unbranched alkanes of at least 4 members (excludes halogenated alkanes) is 31. The van der Waals surface area contributed by atoms with Crippen LogP contribution in [0, 0.1) is 0 Å². The maximum absolute atomic E-state index is 12.9. The molecule has 0 N–H and O–H groups in total. The highest BCUT2D eigenvalue weighted by atomic mass is 16.6. The number of esters is 3. The fourth-order valence-electron chi connectivity index (χ4n) is 9.24. The summed E-state index contributed by atoms with van der Waals surface area (Å²) >= 11 is 0. The Morgan fingerprint density at radius 3 is 0.797 bits per heavy atom. The van der Waals surface area contributed by atoms with E-state index < -0.39 is 6.10 Å². The van der Waals surface area contributed by atoms with E-state index in [1.54, 1.807) is 0 Å². The normalized spacial score (nSPS) is 12.8. The van der Waals surface area contributed by atoms with Crippen LogP contribution in [0.4, 0.5) is 0 Å². The van der Waals surface area contributed by atoms with Gasteiger partial charge in [-0.2, -0.15) is 0 Å². The highest BCUT2D eigenvalue weighted by molar-refractivity contribution is 5.71. The first-order chi connectivity index (χ1) is 39.0. The zero-order valence-corrected chi connectivity index (χ0v) is 51.9. The summed E-state index contributed by atoms with van der Waals surface area (Å²) in [5.74, 6) is -0.924. The predicted octanol–water partition coefficient (Wildman–Crippen LogP) is 23.0. The lowest BCUT2D eigenvalue weighted by molar-refractivity contribution is -0.167. The lowest BCUT2D eigenvalue weighted by atomic mass is 10.0. The van der Waals surface area contributed by atoms with Gasteiger partial charge in [-0.1, -0.05) is 278 Å². The van der Waals surface area contributed by atoms with E-state index in [0.29, 0.717) is 19.3 Å². The van der Waals surface area contributed by atoms with E-state index in [9.17, 15) is 14.4 Å². The van der Waals surface area contributed by atoms with Gasteiger partial charge in [0.15, 0.2) is 6.10 Å². The fraction of sp³-hybridized carbons (Fsp3) is 0.712.